The van der Waals surface area contributed by atoms with Gasteiger partial charge in [-0.3, -0.25) is 0 Å². The number of nitrogens with zero attached hydrogens (tertiary/aromatic N) is 2. The molecule has 0 N–H and O–H groups in total. The minimum absolute atomic E-state index is 0.717. The van der Waals surface area contributed by atoms with Gasteiger partial charge < -0.3 is 9.80 Å². The Labute approximate surface area is 455 Å². The Morgan fingerprint density at radius 3 is 0.974 bits per heavy atom. The van der Waals surface area contributed by atoms with Crippen molar-refractivity contribution in [3.05, 3.63) is 298 Å². The fourth-order valence-electron chi connectivity index (χ4n) is 13.5. The summed E-state index contributed by atoms with van der Waals surface area (Å²) in [5.74, 6) is 0. The molecule has 0 saturated heterocycles. The number of rotatable bonds is 4. The van der Waals surface area contributed by atoms with E-state index < -0.39 is 10.8 Å². The van der Waals surface area contributed by atoms with E-state index in [1.807, 2.05) is 45.3 Å². The second-order valence-electron chi connectivity index (χ2n) is 20.2. The molecule has 76 heavy (non-hydrogen) atoms. The maximum atomic E-state index is 2.63. The van der Waals surface area contributed by atoms with E-state index in [9.17, 15) is 0 Å². The first-order chi connectivity index (χ1) is 37.7. The van der Waals surface area contributed by atoms with Crippen LogP contribution in [0.5, 0.6) is 0 Å². The first-order valence-corrected chi connectivity index (χ1v) is 29.2. The average molecular weight is 1040 g/mol. The molecule has 0 fully saturated rings. The van der Waals surface area contributed by atoms with Gasteiger partial charge in [-0.15, -0.1) is 45.3 Å². The molecule has 0 saturated carbocycles. The number of hydrogen-bond acceptors (Lipinski definition) is 6. The van der Waals surface area contributed by atoms with Gasteiger partial charge >= 0.3 is 0 Å². The fraction of sp³-hybridized carbons (Fsp3) is 0.0286. The fourth-order valence-corrected chi connectivity index (χ4v) is 18.5. The molecule has 0 amide bonds. The lowest BCUT2D eigenvalue weighted by atomic mass is 9.53. The normalized spacial score (nSPS) is 14.5. The Bertz CT molecular complexity index is 4250. The van der Waals surface area contributed by atoms with Crippen LogP contribution < -0.4 is 9.80 Å². The second kappa shape index (κ2) is 16.1. The van der Waals surface area contributed by atoms with Crippen LogP contribution >= 0.6 is 45.3 Å². The summed E-state index contributed by atoms with van der Waals surface area (Å²) in [5.41, 5.74) is 15.9. The van der Waals surface area contributed by atoms with Gasteiger partial charge in [0.2, 0.25) is 0 Å². The Morgan fingerprint density at radius 2 is 0.579 bits per heavy atom. The molecule has 2 aliphatic heterocycles. The van der Waals surface area contributed by atoms with Crippen molar-refractivity contribution in [3.8, 4) is 20.9 Å². The monoisotopic (exact) mass is 1040 g/mol. The third kappa shape index (κ3) is 5.69. The lowest BCUT2D eigenvalue weighted by molar-refractivity contribution is 0.634. The highest BCUT2D eigenvalue weighted by Gasteiger charge is 2.61. The number of para-hydroxylation sites is 6. The van der Waals surface area contributed by atoms with Gasteiger partial charge in [0.25, 0.3) is 0 Å². The molecule has 0 radical (unpaired) electrons. The first-order valence-electron chi connectivity index (χ1n) is 25.9. The van der Waals surface area contributed by atoms with Crippen molar-refractivity contribution >= 4 is 120 Å². The van der Waals surface area contributed by atoms with E-state index in [1.165, 1.54) is 127 Å². The zero-order chi connectivity index (χ0) is 49.7. The molecule has 2 nitrogen and oxygen atoms in total. The average Bonchev–Trinajstić information content (AvgIpc) is 4.44. The van der Waals surface area contributed by atoms with Crippen LogP contribution in [0.3, 0.4) is 0 Å². The van der Waals surface area contributed by atoms with Crippen LogP contribution in [0.1, 0.15) is 43.1 Å². The summed E-state index contributed by atoms with van der Waals surface area (Å²) in [6.07, 6.45) is 0. The van der Waals surface area contributed by atoms with Crippen molar-refractivity contribution in [3.63, 3.8) is 0 Å². The molecular weight excluding hydrogens is 997 g/mol. The number of hydrogen-bond donors (Lipinski definition) is 0. The van der Waals surface area contributed by atoms with Crippen molar-refractivity contribution in [1.82, 2.24) is 0 Å². The van der Waals surface area contributed by atoms with E-state index in [1.54, 1.807) is 0 Å². The Kier molecular flexibility index (Phi) is 9.08. The van der Waals surface area contributed by atoms with Crippen LogP contribution in [-0.4, -0.2) is 0 Å². The molecule has 1 aliphatic carbocycles. The highest BCUT2D eigenvalue weighted by molar-refractivity contribution is 7.26. The van der Waals surface area contributed by atoms with Crippen molar-refractivity contribution in [2.24, 2.45) is 0 Å². The van der Waals surface area contributed by atoms with Crippen molar-refractivity contribution in [2.45, 2.75) is 10.8 Å². The summed E-state index contributed by atoms with van der Waals surface area (Å²) in [7, 11) is 0. The van der Waals surface area contributed by atoms with E-state index in [0.29, 0.717) is 0 Å². The number of fused-ring (bicyclic) bond motifs is 20. The first kappa shape index (κ1) is 42.9. The summed E-state index contributed by atoms with van der Waals surface area (Å²) in [4.78, 5) is 10.3. The molecule has 356 valence electrons. The standard InChI is InChI=1S/C70H42N2S4/c1-3-19-45(20-4-1)71-57-29-13-9-25-51(57)69(52-26-10-14-30-58(52)71)55-41-65(43-35-37-63-49(39-43)47-23-7-17-33-61(47)73-63)76-68(55)70(53-27-11-15-31-59(53)72(46-21-5-2-6-22-46)60-32-16-12-28-54(60)70)56-42-66(75-67(56)69)44-36-38-64-50(40-44)48-24-8-18-34-62(48)74-64/h1-42H. The van der Waals surface area contributed by atoms with Crippen molar-refractivity contribution < 1.29 is 0 Å². The van der Waals surface area contributed by atoms with E-state index >= 15 is 0 Å². The molecule has 0 bridgehead atoms. The summed E-state index contributed by atoms with van der Waals surface area (Å²) >= 11 is 7.77. The number of thiophene rings is 4. The molecule has 14 aromatic rings. The van der Waals surface area contributed by atoms with Gasteiger partial charge in [0, 0.05) is 71.2 Å². The third-order valence-electron chi connectivity index (χ3n) is 16.5. The zero-order valence-electron chi connectivity index (χ0n) is 40.8. The maximum Gasteiger partial charge on any atom is 0.0850 e. The van der Waals surface area contributed by atoms with Crippen LogP contribution in [0.2, 0.25) is 0 Å². The van der Waals surface area contributed by atoms with Crippen LogP contribution in [-0.2, 0) is 10.8 Å². The van der Waals surface area contributed by atoms with Crippen LogP contribution in [0, 0.1) is 0 Å². The molecule has 0 atom stereocenters. The zero-order valence-corrected chi connectivity index (χ0v) is 44.0. The lowest BCUT2D eigenvalue weighted by Gasteiger charge is -2.53. The van der Waals surface area contributed by atoms with Gasteiger partial charge in [-0.2, -0.15) is 0 Å². The van der Waals surface area contributed by atoms with Crippen LogP contribution in [0.25, 0.3) is 61.2 Å². The van der Waals surface area contributed by atoms with E-state index in [2.05, 4.69) is 265 Å². The lowest BCUT2D eigenvalue weighted by Crippen LogP contribution is -2.47. The summed E-state index contributed by atoms with van der Waals surface area (Å²) in [6.45, 7) is 0. The van der Waals surface area contributed by atoms with Crippen LogP contribution in [0.4, 0.5) is 34.1 Å². The van der Waals surface area contributed by atoms with Gasteiger partial charge in [-0.1, -0.05) is 158 Å². The van der Waals surface area contributed by atoms with E-state index in [0.717, 1.165) is 11.4 Å². The quantitative estimate of drug-likeness (QED) is 0.173. The van der Waals surface area contributed by atoms with Gasteiger partial charge in [0.1, 0.15) is 0 Å². The minimum Gasteiger partial charge on any atom is -0.310 e. The van der Waals surface area contributed by atoms with E-state index in [-0.39, 0.29) is 0 Å². The SMILES string of the molecule is c1ccc(N2c3ccccc3C3(c4ccccc42)c2cc(-c4ccc5sc6ccccc6c5c4)sc2C2(c4ccccc4N(c4ccccc4)c4ccccc42)c2cc(-c4ccc5sc6ccccc6c5c4)sc23)cc1. The molecule has 6 heteroatoms. The maximum absolute atomic E-state index is 2.63. The molecule has 4 aromatic heterocycles. The predicted molar refractivity (Wildman–Crippen MR) is 326 cm³/mol. The Hall–Kier alpha value is -8.36. The highest BCUT2D eigenvalue weighted by atomic mass is 32.1. The molecule has 2 spiro atoms. The summed E-state index contributed by atoms with van der Waals surface area (Å²) in [5, 5.41) is 5.25. The molecule has 6 heterocycles. The Morgan fingerprint density at radius 1 is 0.250 bits per heavy atom. The third-order valence-corrected chi connectivity index (χ3v) is 21.4. The summed E-state index contributed by atoms with van der Waals surface area (Å²) in [6, 6.07) is 96.7. The molecule has 10 aromatic carbocycles. The number of benzene rings is 10. The number of anilines is 6. The molecule has 3 aliphatic rings. The van der Waals surface area contributed by atoms with Gasteiger partial charge in [-0.05, 0) is 142 Å². The predicted octanol–water partition coefficient (Wildman–Crippen LogP) is 20.5. The summed E-state index contributed by atoms with van der Waals surface area (Å²) < 4.78 is 5.27. The largest absolute Gasteiger partial charge is 0.310 e. The van der Waals surface area contributed by atoms with Gasteiger partial charge in [0.05, 0.1) is 33.6 Å². The topological polar surface area (TPSA) is 6.48 Å². The minimum atomic E-state index is -0.717. The van der Waals surface area contributed by atoms with Gasteiger partial charge in [0.15, 0.2) is 0 Å². The Balaban J connectivity index is 1.05. The van der Waals surface area contributed by atoms with Gasteiger partial charge in [-0.25, -0.2) is 0 Å². The second-order valence-corrected chi connectivity index (χ2v) is 24.5. The molecule has 17 rings (SSSR count). The smallest absolute Gasteiger partial charge is 0.0850 e. The van der Waals surface area contributed by atoms with Crippen LogP contribution in [0.15, 0.2) is 255 Å². The molecule has 0 unspecified atom stereocenters. The van der Waals surface area contributed by atoms with Crippen molar-refractivity contribution in [2.75, 3.05) is 9.80 Å². The molecular formula is C70H42N2S4. The van der Waals surface area contributed by atoms with Crippen molar-refractivity contribution in [1.29, 1.82) is 0 Å². The van der Waals surface area contributed by atoms with E-state index in [4.69, 9.17) is 0 Å². The highest BCUT2D eigenvalue weighted by Crippen LogP contribution is 2.71.